The van der Waals surface area contributed by atoms with Gasteiger partial charge in [0.2, 0.25) is 0 Å². The number of hydrogen-bond donors (Lipinski definition) is 1. The molecule has 2 N–H and O–H groups in total. The highest BCUT2D eigenvalue weighted by molar-refractivity contribution is 7.93. The number of carbonyl (C=O) groups is 1. The van der Waals surface area contributed by atoms with Crippen molar-refractivity contribution in [1.29, 1.82) is 0 Å². The first-order valence-corrected chi connectivity index (χ1v) is 7.66. The molecule has 2 saturated heterocycles. The largest absolute Gasteiger partial charge is 0.444 e. The predicted molar refractivity (Wildman–Crippen MR) is 66.9 cm³/mol. The Bertz CT molecular complexity index is 460. The van der Waals surface area contributed by atoms with Crippen LogP contribution >= 0.6 is 0 Å². The number of hydrogen-bond acceptors (Lipinski definition) is 5. The first-order chi connectivity index (χ1) is 8.05. The van der Waals surface area contributed by atoms with Crippen molar-refractivity contribution in [3.8, 4) is 0 Å². The Hall–Kier alpha value is -0.820. The molecule has 1 atom stereocenters. The van der Waals surface area contributed by atoms with Gasteiger partial charge >= 0.3 is 6.09 Å². The summed E-state index contributed by atoms with van der Waals surface area (Å²) >= 11 is 0. The van der Waals surface area contributed by atoms with Crippen LogP contribution in [0.2, 0.25) is 0 Å². The summed E-state index contributed by atoms with van der Waals surface area (Å²) in [4.78, 5) is 13.2. The van der Waals surface area contributed by atoms with E-state index < -0.39 is 26.3 Å². The number of sulfone groups is 1. The van der Waals surface area contributed by atoms with Crippen LogP contribution in [0.1, 0.15) is 27.2 Å². The average Bonchev–Trinajstić information content (AvgIpc) is 2.28. The van der Waals surface area contributed by atoms with Gasteiger partial charge in [0.1, 0.15) is 10.3 Å². The van der Waals surface area contributed by atoms with E-state index >= 15 is 0 Å². The molecule has 0 aromatic heterocycles. The maximum Gasteiger partial charge on any atom is 0.410 e. The SMILES string of the molecule is CC(C)(C)OC(=O)N1CC2(C[C@H](N)CS2(=O)=O)C1. The van der Waals surface area contributed by atoms with Crippen LogP contribution < -0.4 is 5.73 Å². The van der Waals surface area contributed by atoms with Crippen LogP contribution in [0, 0.1) is 0 Å². The Morgan fingerprint density at radius 2 is 1.94 bits per heavy atom. The van der Waals surface area contributed by atoms with E-state index in [1.54, 1.807) is 20.8 Å². The number of likely N-dealkylation sites (tertiary alicyclic amines) is 1. The molecule has 0 bridgehead atoms. The van der Waals surface area contributed by atoms with Crippen LogP contribution in [-0.4, -0.2) is 54.6 Å². The standard InChI is InChI=1S/C11H20N2O4S/c1-10(2,3)17-9(14)13-6-11(7-13)4-8(12)5-18(11,15)16/h8H,4-7,12H2,1-3H3/t8-/m0/s1. The van der Waals surface area contributed by atoms with Crippen LogP contribution in [0.15, 0.2) is 0 Å². The molecule has 0 unspecified atom stereocenters. The van der Waals surface area contributed by atoms with Gasteiger partial charge in [-0.05, 0) is 27.2 Å². The van der Waals surface area contributed by atoms with E-state index in [2.05, 4.69) is 0 Å². The molecule has 0 aliphatic carbocycles. The molecule has 104 valence electrons. The molecular formula is C11H20N2O4S. The smallest absolute Gasteiger partial charge is 0.410 e. The van der Waals surface area contributed by atoms with E-state index in [4.69, 9.17) is 10.5 Å². The van der Waals surface area contributed by atoms with Crippen LogP contribution in [-0.2, 0) is 14.6 Å². The third-order valence-electron chi connectivity index (χ3n) is 3.34. The first-order valence-electron chi connectivity index (χ1n) is 6.01. The Kier molecular flexibility index (Phi) is 2.90. The molecule has 2 rings (SSSR count). The number of nitrogens with zero attached hydrogens (tertiary/aromatic N) is 1. The summed E-state index contributed by atoms with van der Waals surface area (Å²) in [5.74, 6) is 0.0230. The Morgan fingerprint density at radius 3 is 2.33 bits per heavy atom. The minimum Gasteiger partial charge on any atom is -0.444 e. The number of nitrogens with two attached hydrogens (primary N) is 1. The van der Waals surface area contributed by atoms with Crippen molar-refractivity contribution in [2.75, 3.05) is 18.8 Å². The molecule has 0 radical (unpaired) electrons. The van der Waals surface area contributed by atoms with Gasteiger partial charge in [0, 0.05) is 19.1 Å². The van der Waals surface area contributed by atoms with Gasteiger partial charge in [0.15, 0.2) is 9.84 Å². The molecular weight excluding hydrogens is 256 g/mol. The summed E-state index contributed by atoms with van der Waals surface area (Å²) in [6.45, 7) is 5.75. The Morgan fingerprint density at radius 1 is 1.39 bits per heavy atom. The summed E-state index contributed by atoms with van der Waals surface area (Å²) in [5.41, 5.74) is 5.14. The number of amides is 1. The highest BCUT2D eigenvalue weighted by Crippen LogP contribution is 2.40. The summed E-state index contributed by atoms with van der Waals surface area (Å²) in [5, 5.41) is 0. The van der Waals surface area contributed by atoms with Crippen LogP contribution in [0.3, 0.4) is 0 Å². The zero-order valence-corrected chi connectivity index (χ0v) is 11.8. The molecule has 0 aromatic carbocycles. The van der Waals surface area contributed by atoms with Gasteiger partial charge in [-0.3, -0.25) is 0 Å². The average molecular weight is 276 g/mol. The normalized spacial score (nSPS) is 29.1. The van der Waals surface area contributed by atoms with Gasteiger partial charge in [-0.1, -0.05) is 0 Å². The Balaban J connectivity index is 2.00. The third-order valence-corrected chi connectivity index (χ3v) is 5.95. The second kappa shape index (κ2) is 3.84. The first kappa shape index (κ1) is 13.6. The van der Waals surface area contributed by atoms with E-state index in [1.807, 2.05) is 0 Å². The predicted octanol–water partition coefficient (Wildman–Crippen LogP) is 0.122. The molecule has 2 aliphatic heterocycles. The fourth-order valence-corrected chi connectivity index (χ4v) is 4.76. The molecule has 1 amide bonds. The van der Waals surface area contributed by atoms with Crippen molar-refractivity contribution >= 4 is 15.9 Å². The molecule has 6 nitrogen and oxygen atoms in total. The zero-order chi connectivity index (χ0) is 13.8. The van der Waals surface area contributed by atoms with Gasteiger partial charge < -0.3 is 15.4 Å². The van der Waals surface area contributed by atoms with Gasteiger partial charge in [-0.15, -0.1) is 0 Å². The lowest BCUT2D eigenvalue weighted by molar-refractivity contribution is 0.00323. The summed E-state index contributed by atoms with van der Waals surface area (Å²) in [6, 6.07) is -0.309. The third kappa shape index (κ3) is 2.21. The minimum atomic E-state index is -3.18. The maximum atomic E-state index is 12.0. The van der Waals surface area contributed by atoms with Gasteiger partial charge in [-0.25, -0.2) is 13.2 Å². The second-order valence-corrected chi connectivity index (χ2v) is 8.69. The topological polar surface area (TPSA) is 89.7 Å². The quantitative estimate of drug-likeness (QED) is 0.679. The van der Waals surface area contributed by atoms with Crippen molar-refractivity contribution in [1.82, 2.24) is 4.90 Å². The summed E-state index contributed by atoms with van der Waals surface area (Å²) in [6.07, 6.45) is -0.0157. The highest BCUT2D eigenvalue weighted by Gasteiger charge is 2.59. The van der Waals surface area contributed by atoms with Crippen LogP contribution in [0.5, 0.6) is 0 Å². The fourth-order valence-electron chi connectivity index (χ4n) is 2.55. The molecule has 2 heterocycles. The molecule has 2 aliphatic rings. The van der Waals surface area contributed by atoms with E-state index in [9.17, 15) is 13.2 Å². The summed E-state index contributed by atoms with van der Waals surface area (Å²) in [7, 11) is -3.18. The van der Waals surface area contributed by atoms with E-state index in [-0.39, 0.29) is 24.9 Å². The van der Waals surface area contributed by atoms with Gasteiger partial charge in [0.25, 0.3) is 0 Å². The van der Waals surface area contributed by atoms with Crippen LogP contribution in [0.4, 0.5) is 4.79 Å². The van der Waals surface area contributed by atoms with Gasteiger partial charge in [-0.2, -0.15) is 0 Å². The lowest BCUT2D eigenvalue weighted by atomic mass is 9.93. The highest BCUT2D eigenvalue weighted by atomic mass is 32.2. The Labute approximate surface area is 107 Å². The monoisotopic (exact) mass is 276 g/mol. The maximum absolute atomic E-state index is 12.0. The van der Waals surface area contributed by atoms with E-state index in [0.717, 1.165) is 0 Å². The van der Waals surface area contributed by atoms with Crippen molar-refractivity contribution in [3.05, 3.63) is 0 Å². The van der Waals surface area contributed by atoms with Gasteiger partial charge in [0.05, 0.1) is 5.75 Å². The van der Waals surface area contributed by atoms with Crippen molar-refractivity contribution in [2.45, 2.75) is 43.6 Å². The minimum absolute atomic E-state index is 0.0230. The fraction of sp³-hybridized carbons (Fsp3) is 0.909. The molecule has 2 fully saturated rings. The molecule has 0 aromatic rings. The second-order valence-electron chi connectivity index (χ2n) is 6.27. The number of ether oxygens (including phenoxy) is 1. The molecule has 0 saturated carbocycles. The van der Waals surface area contributed by atoms with E-state index in [1.165, 1.54) is 4.90 Å². The van der Waals surface area contributed by atoms with Crippen molar-refractivity contribution in [2.24, 2.45) is 5.73 Å². The number of carbonyl (C=O) groups excluding carboxylic acids is 1. The molecule has 7 heteroatoms. The molecule has 1 spiro atoms. The number of rotatable bonds is 0. The molecule has 18 heavy (non-hydrogen) atoms. The zero-order valence-electron chi connectivity index (χ0n) is 11.0. The van der Waals surface area contributed by atoms with E-state index in [0.29, 0.717) is 6.42 Å². The lowest BCUT2D eigenvalue weighted by Gasteiger charge is -2.46. The van der Waals surface area contributed by atoms with Crippen molar-refractivity contribution < 1.29 is 17.9 Å². The summed E-state index contributed by atoms with van der Waals surface area (Å²) < 4.78 is 28.3. The van der Waals surface area contributed by atoms with Crippen molar-refractivity contribution in [3.63, 3.8) is 0 Å². The lowest BCUT2D eigenvalue weighted by Crippen LogP contribution is -2.66. The van der Waals surface area contributed by atoms with Crippen LogP contribution in [0.25, 0.3) is 0 Å².